The molecule has 142 valence electrons. The second-order valence-corrected chi connectivity index (χ2v) is 8.83. The van der Waals surface area contributed by atoms with Gasteiger partial charge < -0.3 is 10.2 Å². The molecule has 0 atom stereocenters. The molecule has 26 heavy (non-hydrogen) atoms. The Morgan fingerprint density at radius 3 is 1.46 bits per heavy atom. The zero-order valence-corrected chi connectivity index (χ0v) is 15.7. The average molecular weight is 423 g/mol. The maximum atomic E-state index is 11.4. The van der Waals surface area contributed by atoms with E-state index in [1.165, 1.54) is 12.1 Å². The van der Waals surface area contributed by atoms with E-state index in [-0.39, 0.29) is 17.0 Å². The maximum absolute atomic E-state index is 11.4. The molecular formula is C15H15ClO8S2. The van der Waals surface area contributed by atoms with E-state index in [0.29, 0.717) is 0 Å². The van der Waals surface area contributed by atoms with Crippen LogP contribution in [0.5, 0.6) is 11.5 Å². The van der Waals surface area contributed by atoms with Crippen molar-refractivity contribution >= 4 is 31.8 Å². The molecule has 0 radical (unpaired) electrons. The van der Waals surface area contributed by atoms with E-state index in [4.69, 9.17) is 11.6 Å². The predicted octanol–water partition coefficient (Wildman–Crippen LogP) is 2.14. The van der Waals surface area contributed by atoms with Gasteiger partial charge in [-0.15, -0.1) is 11.6 Å². The molecule has 0 aliphatic heterocycles. The molecule has 8 nitrogen and oxygen atoms in total. The van der Waals surface area contributed by atoms with Crippen LogP contribution in [0.3, 0.4) is 0 Å². The Morgan fingerprint density at radius 2 is 1.19 bits per heavy atom. The maximum Gasteiger partial charge on any atom is 0.298 e. The summed E-state index contributed by atoms with van der Waals surface area (Å²) in [7, 11) is -9.43. The molecule has 0 aliphatic carbocycles. The lowest BCUT2D eigenvalue weighted by Crippen LogP contribution is -2.26. The SMILES string of the molecule is CC(CCl)(c1ccc(O)c(S(=O)(=O)O)c1)c1ccc(O)c(S(=O)(=O)O)c1. The fourth-order valence-electron chi connectivity index (χ4n) is 2.45. The van der Waals surface area contributed by atoms with Gasteiger partial charge in [-0.3, -0.25) is 9.11 Å². The number of rotatable bonds is 5. The second-order valence-electron chi connectivity index (χ2n) is 5.78. The Balaban J connectivity index is 2.75. The smallest absolute Gasteiger partial charge is 0.298 e. The van der Waals surface area contributed by atoms with Crippen LogP contribution in [-0.2, 0) is 25.7 Å². The van der Waals surface area contributed by atoms with E-state index in [9.17, 15) is 36.2 Å². The van der Waals surface area contributed by atoms with Crippen molar-refractivity contribution in [1.29, 1.82) is 0 Å². The lowest BCUT2D eigenvalue weighted by molar-refractivity contribution is 0.441. The number of phenolic OH excluding ortho intramolecular Hbond substituents is 2. The van der Waals surface area contributed by atoms with Crippen molar-refractivity contribution in [3.63, 3.8) is 0 Å². The first-order valence-corrected chi connectivity index (χ1v) is 10.4. The minimum absolute atomic E-state index is 0.154. The van der Waals surface area contributed by atoms with Crippen LogP contribution in [0.4, 0.5) is 0 Å². The molecule has 11 heteroatoms. The third-order valence-electron chi connectivity index (χ3n) is 4.02. The van der Waals surface area contributed by atoms with Gasteiger partial charge in [0, 0.05) is 11.3 Å². The van der Waals surface area contributed by atoms with E-state index in [0.717, 1.165) is 24.3 Å². The Hall–Kier alpha value is -1.85. The summed E-state index contributed by atoms with van der Waals surface area (Å²) < 4.78 is 64.1. The van der Waals surface area contributed by atoms with Gasteiger partial charge in [-0.1, -0.05) is 19.1 Å². The van der Waals surface area contributed by atoms with Gasteiger partial charge in [0.2, 0.25) is 0 Å². The van der Waals surface area contributed by atoms with Gasteiger partial charge in [0.05, 0.1) is 0 Å². The van der Waals surface area contributed by atoms with Crippen LogP contribution >= 0.6 is 11.6 Å². The highest BCUT2D eigenvalue weighted by molar-refractivity contribution is 7.86. The largest absolute Gasteiger partial charge is 0.506 e. The predicted molar refractivity (Wildman–Crippen MR) is 93.0 cm³/mol. The molecule has 0 aliphatic rings. The molecule has 4 N–H and O–H groups in total. The quantitative estimate of drug-likeness (QED) is 0.422. The zero-order chi connectivity index (χ0) is 19.9. The minimum Gasteiger partial charge on any atom is -0.506 e. The third kappa shape index (κ3) is 3.79. The molecule has 0 bridgehead atoms. The first-order chi connectivity index (χ1) is 11.8. The number of benzene rings is 2. The molecule has 2 aromatic carbocycles. The van der Waals surface area contributed by atoms with Crippen LogP contribution in [0.25, 0.3) is 0 Å². The summed E-state index contributed by atoms with van der Waals surface area (Å²) in [5.74, 6) is -1.49. The highest BCUT2D eigenvalue weighted by Crippen LogP contribution is 2.38. The lowest BCUT2D eigenvalue weighted by Gasteiger charge is -2.29. The molecule has 0 amide bonds. The zero-order valence-electron chi connectivity index (χ0n) is 13.3. The summed E-state index contributed by atoms with van der Waals surface area (Å²) in [5.41, 5.74) is -0.697. The first kappa shape index (κ1) is 20.5. The summed E-state index contributed by atoms with van der Waals surface area (Å²) in [4.78, 5) is -1.47. The van der Waals surface area contributed by atoms with E-state index in [2.05, 4.69) is 0 Å². The minimum atomic E-state index is -4.71. The molecule has 0 saturated carbocycles. The summed E-state index contributed by atoms with van der Waals surface area (Å²) in [5, 5.41) is 19.3. The highest BCUT2D eigenvalue weighted by Gasteiger charge is 2.32. The standard InChI is InChI=1S/C15H15ClO8S2/c1-15(8-16,9-2-4-11(17)13(6-9)25(19,20)21)10-3-5-12(18)14(7-10)26(22,23)24/h2-7,17-18H,8H2,1H3,(H,19,20,21)(H,22,23,24). The normalized spacial score (nSPS) is 12.9. The molecule has 0 fully saturated rings. The van der Waals surface area contributed by atoms with Gasteiger partial charge >= 0.3 is 0 Å². The van der Waals surface area contributed by atoms with Crippen LogP contribution in [0, 0.1) is 0 Å². The van der Waals surface area contributed by atoms with Gasteiger partial charge in [0.15, 0.2) is 0 Å². The summed E-state index contributed by atoms with van der Waals surface area (Å²) in [6.07, 6.45) is 0. The van der Waals surface area contributed by atoms with Crippen molar-refractivity contribution < 1.29 is 36.2 Å². The molecule has 0 spiro atoms. The van der Waals surface area contributed by atoms with Crippen LogP contribution in [-0.4, -0.2) is 42.0 Å². The van der Waals surface area contributed by atoms with Crippen LogP contribution in [0.1, 0.15) is 18.1 Å². The Kier molecular flexibility index (Phi) is 5.28. The fraction of sp³-hybridized carbons (Fsp3) is 0.200. The monoisotopic (exact) mass is 422 g/mol. The Labute approximate surface area is 155 Å². The van der Waals surface area contributed by atoms with Crippen molar-refractivity contribution in [2.45, 2.75) is 22.1 Å². The number of hydrogen-bond acceptors (Lipinski definition) is 6. The number of alkyl halides is 1. The Bertz CT molecular complexity index is 980. The molecule has 2 rings (SSSR count). The van der Waals surface area contributed by atoms with Gasteiger partial charge in [0.25, 0.3) is 20.2 Å². The van der Waals surface area contributed by atoms with Crippen molar-refractivity contribution in [2.24, 2.45) is 0 Å². The number of hydrogen-bond donors (Lipinski definition) is 4. The van der Waals surface area contributed by atoms with Gasteiger partial charge in [0.1, 0.15) is 21.3 Å². The number of aromatic hydroxyl groups is 2. The average Bonchev–Trinajstić information content (AvgIpc) is 2.52. The molecule has 0 saturated heterocycles. The molecule has 2 aromatic rings. The van der Waals surface area contributed by atoms with Gasteiger partial charge in [-0.05, 0) is 35.4 Å². The third-order valence-corrected chi connectivity index (χ3v) is 6.32. The molecule has 0 aromatic heterocycles. The van der Waals surface area contributed by atoms with Crippen molar-refractivity contribution in [1.82, 2.24) is 0 Å². The number of halogens is 1. The van der Waals surface area contributed by atoms with E-state index >= 15 is 0 Å². The van der Waals surface area contributed by atoms with Gasteiger partial charge in [-0.2, -0.15) is 16.8 Å². The van der Waals surface area contributed by atoms with Crippen LogP contribution in [0.15, 0.2) is 46.2 Å². The first-order valence-electron chi connectivity index (χ1n) is 6.98. The molecular weight excluding hydrogens is 408 g/mol. The topological polar surface area (TPSA) is 149 Å². The summed E-state index contributed by atoms with van der Waals surface area (Å²) >= 11 is 6.04. The van der Waals surface area contributed by atoms with Gasteiger partial charge in [-0.25, -0.2) is 0 Å². The van der Waals surface area contributed by atoms with E-state index < -0.39 is 46.9 Å². The lowest BCUT2D eigenvalue weighted by atomic mass is 9.78. The van der Waals surface area contributed by atoms with E-state index in [1.54, 1.807) is 6.92 Å². The fourth-order valence-corrected chi connectivity index (χ4v) is 3.97. The van der Waals surface area contributed by atoms with Crippen LogP contribution < -0.4 is 0 Å². The number of phenols is 2. The molecule has 0 heterocycles. The van der Waals surface area contributed by atoms with E-state index in [1.807, 2.05) is 0 Å². The highest BCUT2D eigenvalue weighted by atomic mass is 35.5. The Morgan fingerprint density at radius 1 is 0.846 bits per heavy atom. The summed E-state index contributed by atoms with van der Waals surface area (Å²) in [6, 6.07) is 6.82. The second kappa shape index (κ2) is 6.71. The van der Waals surface area contributed by atoms with Crippen LogP contribution in [0.2, 0.25) is 0 Å². The van der Waals surface area contributed by atoms with Crippen molar-refractivity contribution in [3.8, 4) is 11.5 Å². The van der Waals surface area contributed by atoms with Crippen molar-refractivity contribution in [3.05, 3.63) is 47.5 Å². The van der Waals surface area contributed by atoms with Crippen molar-refractivity contribution in [2.75, 3.05) is 5.88 Å². The molecule has 0 unspecified atom stereocenters. The summed E-state index contributed by atoms with van der Waals surface area (Å²) in [6.45, 7) is 1.56.